The summed E-state index contributed by atoms with van der Waals surface area (Å²) in [6.45, 7) is 4.73. The number of nitrogens with zero attached hydrogens (tertiary/aromatic N) is 1. The van der Waals surface area contributed by atoms with E-state index in [1.54, 1.807) is 5.38 Å². The number of nitrogens with one attached hydrogen (secondary N) is 2. The molecule has 2 rings (SSSR count). The van der Waals surface area contributed by atoms with Gasteiger partial charge >= 0.3 is 0 Å². The second kappa shape index (κ2) is 6.50. The number of sulfonamides is 1. The molecule has 8 heteroatoms. The Bertz CT molecular complexity index is 716. The van der Waals surface area contributed by atoms with Crippen molar-refractivity contribution in [2.45, 2.75) is 24.8 Å². The van der Waals surface area contributed by atoms with Crippen LogP contribution in [0.2, 0.25) is 0 Å². The third-order valence-corrected chi connectivity index (χ3v) is 5.05. The van der Waals surface area contributed by atoms with Gasteiger partial charge in [-0.05, 0) is 31.7 Å². The van der Waals surface area contributed by atoms with Gasteiger partial charge < -0.3 is 5.32 Å². The van der Waals surface area contributed by atoms with E-state index in [-0.39, 0.29) is 16.1 Å². The number of aromatic nitrogens is 1. The highest BCUT2D eigenvalue weighted by molar-refractivity contribution is 7.93. The molecule has 1 atom stereocenters. The third kappa shape index (κ3) is 3.99. The highest BCUT2D eigenvalue weighted by Crippen LogP contribution is 2.23. The van der Waals surface area contributed by atoms with E-state index in [0.29, 0.717) is 0 Å². The number of hydrogen-bond acceptors (Lipinski definition) is 5. The van der Waals surface area contributed by atoms with Crippen molar-refractivity contribution in [1.29, 1.82) is 0 Å². The standard InChI is InChI=1S/C13H16FN3O2S2/c1-3-15-9(2)12-8-20-13(16-12)17-21(18,19)11-6-4-5-10(14)7-11/h4-9,15H,3H2,1-2H3,(H,16,17). The molecule has 0 saturated carbocycles. The number of hydrogen-bond donors (Lipinski definition) is 2. The van der Waals surface area contributed by atoms with Crippen LogP contribution in [0, 0.1) is 5.82 Å². The molecule has 0 aliphatic carbocycles. The fourth-order valence-corrected chi connectivity index (χ4v) is 3.84. The van der Waals surface area contributed by atoms with E-state index in [2.05, 4.69) is 15.0 Å². The molecule has 0 spiro atoms. The Morgan fingerprint density at radius 1 is 1.43 bits per heavy atom. The number of thiazole rings is 1. The average molecular weight is 329 g/mol. The molecule has 1 unspecified atom stereocenters. The molecule has 0 fully saturated rings. The molecule has 1 aromatic carbocycles. The number of benzene rings is 1. The van der Waals surface area contributed by atoms with Crippen LogP contribution in [-0.4, -0.2) is 19.9 Å². The summed E-state index contributed by atoms with van der Waals surface area (Å²) in [5, 5.41) is 5.25. The highest BCUT2D eigenvalue weighted by Gasteiger charge is 2.17. The first-order valence-electron chi connectivity index (χ1n) is 6.39. The van der Waals surface area contributed by atoms with E-state index in [0.717, 1.165) is 18.3 Å². The van der Waals surface area contributed by atoms with Gasteiger partial charge in [0.25, 0.3) is 10.0 Å². The minimum absolute atomic E-state index is 0.0404. The lowest BCUT2D eigenvalue weighted by molar-refractivity contribution is 0.586. The molecule has 0 bridgehead atoms. The first-order valence-corrected chi connectivity index (χ1v) is 8.76. The Hall–Kier alpha value is -1.51. The van der Waals surface area contributed by atoms with Crippen molar-refractivity contribution in [2.24, 2.45) is 0 Å². The normalized spacial score (nSPS) is 13.1. The fraction of sp³-hybridized carbons (Fsp3) is 0.308. The lowest BCUT2D eigenvalue weighted by Gasteiger charge is -2.08. The minimum Gasteiger partial charge on any atom is -0.309 e. The molecule has 0 saturated heterocycles. The van der Waals surface area contributed by atoms with Gasteiger partial charge in [-0.3, -0.25) is 4.72 Å². The molecule has 1 heterocycles. The van der Waals surface area contributed by atoms with E-state index in [9.17, 15) is 12.8 Å². The second-order valence-electron chi connectivity index (χ2n) is 4.42. The van der Waals surface area contributed by atoms with Gasteiger partial charge in [-0.25, -0.2) is 17.8 Å². The van der Waals surface area contributed by atoms with Gasteiger partial charge in [0.1, 0.15) is 5.82 Å². The van der Waals surface area contributed by atoms with E-state index >= 15 is 0 Å². The molecule has 1 aromatic heterocycles. The average Bonchev–Trinajstić information content (AvgIpc) is 2.87. The number of anilines is 1. The zero-order valence-electron chi connectivity index (χ0n) is 11.6. The molecule has 2 N–H and O–H groups in total. The summed E-state index contributed by atoms with van der Waals surface area (Å²) in [5.41, 5.74) is 0.763. The van der Waals surface area contributed by atoms with Gasteiger partial charge in [0.2, 0.25) is 0 Å². The van der Waals surface area contributed by atoms with Crippen LogP contribution in [0.25, 0.3) is 0 Å². The van der Waals surface area contributed by atoms with E-state index < -0.39 is 15.8 Å². The molecule has 0 radical (unpaired) electrons. The van der Waals surface area contributed by atoms with Gasteiger partial charge in [-0.2, -0.15) is 0 Å². The van der Waals surface area contributed by atoms with Gasteiger partial charge in [0, 0.05) is 11.4 Å². The van der Waals surface area contributed by atoms with Gasteiger partial charge in [0.05, 0.1) is 10.6 Å². The van der Waals surface area contributed by atoms with Crippen molar-refractivity contribution in [3.05, 3.63) is 41.2 Å². The monoisotopic (exact) mass is 329 g/mol. The summed E-state index contributed by atoms with van der Waals surface area (Å²) in [6, 6.07) is 4.89. The summed E-state index contributed by atoms with van der Waals surface area (Å²) < 4.78 is 39.7. The molecular formula is C13H16FN3O2S2. The van der Waals surface area contributed by atoms with Crippen molar-refractivity contribution >= 4 is 26.5 Å². The molecule has 0 aliphatic rings. The number of rotatable bonds is 6. The zero-order chi connectivity index (χ0) is 15.5. The molecule has 0 amide bonds. The zero-order valence-corrected chi connectivity index (χ0v) is 13.3. The molecule has 2 aromatic rings. The summed E-state index contributed by atoms with van der Waals surface area (Å²) in [4.78, 5) is 4.11. The SMILES string of the molecule is CCNC(C)c1csc(NS(=O)(=O)c2cccc(F)c2)n1. The maximum Gasteiger partial charge on any atom is 0.263 e. The predicted octanol–water partition coefficient (Wildman–Crippen LogP) is 2.75. The smallest absolute Gasteiger partial charge is 0.263 e. The van der Waals surface area contributed by atoms with Crippen LogP contribution < -0.4 is 10.0 Å². The van der Waals surface area contributed by atoms with Crippen LogP contribution in [0.1, 0.15) is 25.6 Å². The Labute approximate surface area is 127 Å². The second-order valence-corrected chi connectivity index (χ2v) is 6.96. The summed E-state index contributed by atoms with van der Waals surface area (Å²) in [5.74, 6) is -0.599. The largest absolute Gasteiger partial charge is 0.309 e. The van der Waals surface area contributed by atoms with Crippen molar-refractivity contribution in [3.63, 3.8) is 0 Å². The first-order chi connectivity index (χ1) is 9.92. The van der Waals surface area contributed by atoms with Crippen molar-refractivity contribution < 1.29 is 12.8 Å². The van der Waals surface area contributed by atoms with Crippen LogP contribution in [0.15, 0.2) is 34.5 Å². The molecular weight excluding hydrogens is 313 g/mol. The topological polar surface area (TPSA) is 71.1 Å². The maximum absolute atomic E-state index is 13.1. The molecule has 5 nitrogen and oxygen atoms in total. The Kier molecular flexibility index (Phi) is 4.92. The molecule has 21 heavy (non-hydrogen) atoms. The van der Waals surface area contributed by atoms with Crippen LogP contribution in [0.4, 0.5) is 9.52 Å². The Morgan fingerprint density at radius 2 is 2.19 bits per heavy atom. The van der Waals surface area contributed by atoms with E-state index in [1.165, 1.54) is 29.5 Å². The van der Waals surface area contributed by atoms with E-state index in [4.69, 9.17) is 0 Å². The van der Waals surface area contributed by atoms with Crippen LogP contribution in [-0.2, 0) is 10.0 Å². The highest BCUT2D eigenvalue weighted by atomic mass is 32.2. The van der Waals surface area contributed by atoms with E-state index in [1.807, 2.05) is 13.8 Å². The van der Waals surface area contributed by atoms with Gasteiger partial charge in [0.15, 0.2) is 5.13 Å². The van der Waals surface area contributed by atoms with Gasteiger partial charge in [-0.1, -0.05) is 13.0 Å². The van der Waals surface area contributed by atoms with Crippen molar-refractivity contribution in [3.8, 4) is 0 Å². The Balaban J connectivity index is 2.18. The molecule has 0 aliphatic heterocycles. The quantitative estimate of drug-likeness (QED) is 0.855. The van der Waals surface area contributed by atoms with Crippen LogP contribution in [0.5, 0.6) is 0 Å². The number of halogens is 1. The fourth-order valence-electron chi connectivity index (χ4n) is 1.75. The first kappa shape index (κ1) is 15.9. The van der Waals surface area contributed by atoms with Crippen molar-refractivity contribution in [2.75, 3.05) is 11.3 Å². The van der Waals surface area contributed by atoms with Crippen LogP contribution >= 0.6 is 11.3 Å². The Morgan fingerprint density at radius 3 is 2.86 bits per heavy atom. The lowest BCUT2D eigenvalue weighted by Crippen LogP contribution is -2.18. The predicted molar refractivity (Wildman–Crippen MR) is 81.4 cm³/mol. The minimum atomic E-state index is -3.82. The van der Waals surface area contributed by atoms with Crippen molar-refractivity contribution in [1.82, 2.24) is 10.3 Å². The summed E-state index contributed by atoms with van der Waals surface area (Å²) in [6.07, 6.45) is 0. The summed E-state index contributed by atoms with van der Waals surface area (Å²) in [7, 11) is -3.82. The summed E-state index contributed by atoms with van der Waals surface area (Å²) >= 11 is 1.19. The maximum atomic E-state index is 13.1. The van der Waals surface area contributed by atoms with Gasteiger partial charge in [-0.15, -0.1) is 11.3 Å². The van der Waals surface area contributed by atoms with Crippen LogP contribution in [0.3, 0.4) is 0 Å². The lowest BCUT2D eigenvalue weighted by atomic mass is 10.3. The molecule has 114 valence electrons. The third-order valence-electron chi connectivity index (χ3n) is 2.80.